The fourth-order valence-electron chi connectivity index (χ4n) is 3.48. The summed E-state index contributed by atoms with van der Waals surface area (Å²) in [6, 6.07) is 8.68. The molecule has 0 bridgehead atoms. The lowest BCUT2D eigenvalue weighted by Crippen LogP contribution is -2.24. The van der Waals surface area contributed by atoms with Crippen LogP contribution in [0.3, 0.4) is 0 Å². The fraction of sp³-hybridized carbons (Fsp3) is 0.400. The monoisotopic (exact) mass is 424 g/mol. The molecule has 2 atom stereocenters. The molecule has 2 unspecified atom stereocenters. The highest BCUT2D eigenvalue weighted by Crippen LogP contribution is 2.31. The predicted octanol–water partition coefficient (Wildman–Crippen LogP) is 3.72. The maximum atomic E-state index is 14.4. The Balaban J connectivity index is 1.36. The summed E-state index contributed by atoms with van der Waals surface area (Å²) in [6.45, 7) is 1.02. The molecule has 0 amide bonds. The Morgan fingerprint density at radius 3 is 2.77 bits per heavy atom. The zero-order valence-electron chi connectivity index (χ0n) is 16.1. The van der Waals surface area contributed by atoms with Crippen LogP contribution in [0.5, 0.6) is 5.88 Å². The van der Waals surface area contributed by atoms with Crippen LogP contribution in [0.25, 0.3) is 11.0 Å². The molecule has 6 nitrogen and oxygen atoms in total. The summed E-state index contributed by atoms with van der Waals surface area (Å²) in [5.74, 6) is 0.847. The number of imidazole rings is 1. The van der Waals surface area contributed by atoms with Crippen LogP contribution in [0.1, 0.15) is 17.1 Å². The van der Waals surface area contributed by atoms with Crippen LogP contribution >= 0.6 is 0 Å². The van der Waals surface area contributed by atoms with Gasteiger partial charge < -0.3 is 14.5 Å². The Labute approximate surface area is 169 Å². The van der Waals surface area contributed by atoms with Crippen molar-refractivity contribution in [3.8, 4) is 5.88 Å². The van der Waals surface area contributed by atoms with E-state index in [0.717, 1.165) is 17.8 Å². The van der Waals surface area contributed by atoms with Crippen molar-refractivity contribution in [1.82, 2.24) is 19.9 Å². The molecule has 3 heterocycles. The number of ether oxygens (including phenoxy) is 2. The molecule has 1 N–H and O–H groups in total. The second-order valence-electron chi connectivity index (χ2n) is 7.14. The number of hydrogen-bond acceptors (Lipinski definition) is 5. The van der Waals surface area contributed by atoms with Crippen LogP contribution in [-0.4, -0.2) is 52.3 Å². The molecule has 2 aromatic heterocycles. The van der Waals surface area contributed by atoms with Crippen molar-refractivity contribution in [3.05, 3.63) is 53.5 Å². The molecular weight excluding hydrogens is 404 g/mol. The molecule has 1 fully saturated rings. The van der Waals surface area contributed by atoms with E-state index in [9.17, 15) is 17.6 Å². The third-order valence-electron chi connectivity index (χ3n) is 4.94. The van der Waals surface area contributed by atoms with Crippen LogP contribution < -0.4 is 4.74 Å². The van der Waals surface area contributed by atoms with Gasteiger partial charge in [0.1, 0.15) is 24.7 Å². The van der Waals surface area contributed by atoms with Crippen molar-refractivity contribution in [2.24, 2.45) is 0 Å². The summed E-state index contributed by atoms with van der Waals surface area (Å²) in [4.78, 5) is 13.3. The summed E-state index contributed by atoms with van der Waals surface area (Å²) in [7, 11) is 1.53. The van der Waals surface area contributed by atoms with Gasteiger partial charge in [-0.05, 0) is 24.3 Å². The van der Waals surface area contributed by atoms with Gasteiger partial charge in [0.25, 0.3) is 0 Å². The Bertz CT molecular complexity index is 1020. The van der Waals surface area contributed by atoms with Gasteiger partial charge in [-0.1, -0.05) is 6.07 Å². The average Bonchev–Trinajstić information content (AvgIpc) is 3.27. The molecule has 1 aliphatic heterocycles. The number of likely N-dealkylation sites (tertiary alicyclic amines) is 1. The molecule has 30 heavy (non-hydrogen) atoms. The minimum atomic E-state index is -4.43. The quantitative estimate of drug-likeness (QED) is 0.611. The molecule has 0 radical (unpaired) electrons. The lowest BCUT2D eigenvalue weighted by atomic mass is 10.2. The van der Waals surface area contributed by atoms with E-state index in [2.05, 4.69) is 15.0 Å². The third kappa shape index (κ3) is 4.54. The van der Waals surface area contributed by atoms with Gasteiger partial charge in [0, 0.05) is 25.7 Å². The predicted molar refractivity (Wildman–Crippen MR) is 101 cm³/mol. The zero-order chi connectivity index (χ0) is 21.3. The molecule has 1 aliphatic rings. The number of alkyl halides is 4. The average molecular weight is 424 g/mol. The highest BCUT2D eigenvalue weighted by atomic mass is 19.4. The maximum Gasteiger partial charge on any atom is 0.416 e. The summed E-state index contributed by atoms with van der Waals surface area (Å²) in [6.07, 6.45) is -6.27. The van der Waals surface area contributed by atoms with Crippen LogP contribution in [0.4, 0.5) is 17.6 Å². The van der Waals surface area contributed by atoms with Gasteiger partial charge >= 0.3 is 6.18 Å². The Hall–Kier alpha value is -2.72. The molecule has 0 spiro atoms. The van der Waals surface area contributed by atoms with E-state index >= 15 is 0 Å². The normalized spacial score (nSPS) is 20.2. The number of H-pyrrole nitrogens is 1. The molecule has 0 aliphatic carbocycles. The SMILES string of the molecule is COc1cccc(CN2CC(F)C(OCc3nc4ccc(C(F)(F)F)cc4[nH]3)C2)n1. The number of fused-ring (bicyclic) bond motifs is 1. The van der Waals surface area contributed by atoms with Gasteiger partial charge in [-0.25, -0.2) is 14.4 Å². The van der Waals surface area contributed by atoms with Gasteiger partial charge in [0.05, 0.1) is 29.4 Å². The van der Waals surface area contributed by atoms with Crippen LogP contribution in [0.2, 0.25) is 0 Å². The first-order valence-electron chi connectivity index (χ1n) is 9.35. The maximum absolute atomic E-state index is 14.4. The standard InChI is InChI=1S/C20H20F4N4O2/c1-29-19-4-2-3-13(25-19)8-28-9-14(21)17(10-28)30-11-18-26-15-6-5-12(20(22,23)24)7-16(15)27-18/h2-7,14,17H,8-11H2,1H3,(H,26,27). The summed E-state index contributed by atoms with van der Waals surface area (Å²) in [5.41, 5.74) is 0.667. The summed E-state index contributed by atoms with van der Waals surface area (Å²) < 4.78 is 63.7. The number of nitrogens with zero attached hydrogens (tertiary/aromatic N) is 3. The van der Waals surface area contributed by atoms with Gasteiger partial charge in [0.2, 0.25) is 5.88 Å². The van der Waals surface area contributed by atoms with E-state index in [4.69, 9.17) is 9.47 Å². The Morgan fingerprint density at radius 1 is 1.17 bits per heavy atom. The second-order valence-corrected chi connectivity index (χ2v) is 7.14. The third-order valence-corrected chi connectivity index (χ3v) is 4.94. The lowest BCUT2D eigenvalue weighted by Gasteiger charge is -2.15. The van der Waals surface area contributed by atoms with E-state index in [-0.39, 0.29) is 18.7 Å². The van der Waals surface area contributed by atoms with Crippen molar-refractivity contribution in [1.29, 1.82) is 0 Å². The fourth-order valence-corrected chi connectivity index (χ4v) is 3.48. The smallest absolute Gasteiger partial charge is 0.416 e. The highest BCUT2D eigenvalue weighted by molar-refractivity contribution is 5.76. The first-order valence-corrected chi connectivity index (χ1v) is 9.35. The van der Waals surface area contributed by atoms with Crippen LogP contribution in [0, 0.1) is 0 Å². The Morgan fingerprint density at radius 2 is 2.00 bits per heavy atom. The summed E-state index contributed by atoms with van der Waals surface area (Å²) in [5, 5.41) is 0. The van der Waals surface area contributed by atoms with Gasteiger partial charge in [-0.15, -0.1) is 0 Å². The molecule has 160 valence electrons. The number of methoxy groups -OCH3 is 1. The number of aromatic nitrogens is 3. The number of aromatic amines is 1. The van der Waals surface area contributed by atoms with Crippen LogP contribution in [-0.2, 0) is 24.1 Å². The minimum Gasteiger partial charge on any atom is -0.481 e. The number of hydrogen-bond donors (Lipinski definition) is 1. The molecule has 1 aromatic carbocycles. The molecule has 1 saturated heterocycles. The van der Waals surface area contributed by atoms with E-state index < -0.39 is 24.0 Å². The van der Waals surface area contributed by atoms with Crippen molar-refractivity contribution in [2.45, 2.75) is 31.6 Å². The largest absolute Gasteiger partial charge is 0.481 e. The van der Waals surface area contributed by atoms with Crippen LogP contribution in [0.15, 0.2) is 36.4 Å². The van der Waals surface area contributed by atoms with Gasteiger partial charge in [0.15, 0.2) is 0 Å². The van der Waals surface area contributed by atoms with Gasteiger partial charge in [-0.2, -0.15) is 13.2 Å². The van der Waals surface area contributed by atoms with E-state index in [0.29, 0.717) is 30.3 Å². The Kier molecular flexibility index (Phi) is 5.61. The number of rotatable bonds is 6. The summed E-state index contributed by atoms with van der Waals surface area (Å²) >= 11 is 0. The zero-order valence-corrected chi connectivity index (χ0v) is 16.1. The molecule has 4 rings (SSSR count). The first kappa shape index (κ1) is 20.5. The first-order chi connectivity index (χ1) is 14.3. The van der Waals surface area contributed by atoms with Crippen molar-refractivity contribution in [2.75, 3.05) is 20.2 Å². The van der Waals surface area contributed by atoms with E-state index in [1.165, 1.54) is 13.2 Å². The molecule has 3 aromatic rings. The van der Waals surface area contributed by atoms with E-state index in [1.54, 1.807) is 6.07 Å². The topological polar surface area (TPSA) is 63.3 Å². The molecule has 0 saturated carbocycles. The minimum absolute atomic E-state index is 0.0215. The number of halogens is 4. The highest BCUT2D eigenvalue weighted by Gasteiger charge is 2.34. The van der Waals surface area contributed by atoms with Crippen molar-refractivity contribution in [3.63, 3.8) is 0 Å². The number of pyridine rings is 1. The number of benzene rings is 1. The molecule has 10 heteroatoms. The van der Waals surface area contributed by atoms with Crippen molar-refractivity contribution >= 4 is 11.0 Å². The van der Waals surface area contributed by atoms with Crippen molar-refractivity contribution < 1.29 is 27.0 Å². The van der Waals surface area contributed by atoms with Gasteiger partial charge in [-0.3, -0.25) is 4.90 Å². The number of nitrogens with one attached hydrogen (secondary N) is 1. The molecular formula is C20H20F4N4O2. The lowest BCUT2D eigenvalue weighted by molar-refractivity contribution is -0.137. The van der Waals surface area contributed by atoms with E-state index in [1.807, 2.05) is 17.0 Å². The second kappa shape index (κ2) is 8.19.